The van der Waals surface area contributed by atoms with Crippen molar-refractivity contribution in [2.75, 3.05) is 31.1 Å². The second-order valence-electron chi connectivity index (χ2n) is 6.89. The molecule has 0 aliphatic carbocycles. The Morgan fingerprint density at radius 1 is 1.03 bits per heavy atom. The van der Waals surface area contributed by atoms with Crippen molar-refractivity contribution in [3.05, 3.63) is 76.7 Å². The predicted molar refractivity (Wildman–Crippen MR) is 107 cm³/mol. The number of amides is 1. The van der Waals surface area contributed by atoms with Crippen molar-refractivity contribution in [1.29, 1.82) is 0 Å². The third-order valence-corrected chi connectivity index (χ3v) is 5.04. The molecule has 1 aliphatic rings. The van der Waals surface area contributed by atoms with Gasteiger partial charge in [-0.1, -0.05) is 0 Å². The molecule has 0 saturated carbocycles. The van der Waals surface area contributed by atoms with Crippen molar-refractivity contribution in [1.82, 2.24) is 19.4 Å². The Bertz CT molecular complexity index is 1090. The molecule has 7 nitrogen and oxygen atoms in total. The topological polar surface area (TPSA) is 71.3 Å². The van der Waals surface area contributed by atoms with Gasteiger partial charge in [-0.3, -0.25) is 9.59 Å². The second kappa shape index (κ2) is 7.83. The predicted octanol–water partition coefficient (Wildman–Crippen LogP) is 1.94. The molecule has 4 rings (SSSR count). The normalized spacial score (nSPS) is 14.1. The monoisotopic (exact) mass is 393 g/mol. The highest BCUT2D eigenvalue weighted by Gasteiger charge is 2.25. The number of aryl methyl sites for hydroxylation is 1. The van der Waals surface area contributed by atoms with Crippen LogP contribution in [0.5, 0.6) is 0 Å². The first-order valence-corrected chi connectivity index (χ1v) is 9.31. The summed E-state index contributed by atoms with van der Waals surface area (Å²) in [6, 6.07) is 11.3. The number of piperazine rings is 1. The Morgan fingerprint density at radius 2 is 1.76 bits per heavy atom. The van der Waals surface area contributed by atoms with Crippen LogP contribution in [0.15, 0.2) is 59.8 Å². The number of benzene rings is 1. The maximum absolute atomic E-state index is 13.2. The molecule has 0 unspecified atom stereocenters. The summed E-state index contributed by atoms with van der Waals surface area (Å²) in [7, 11) is 1.63. The molecule has 0 N–H and O–H groups in total. The van der Waals surface area contributed by atoms with E-state index in [1.807, 2.05) is 6.07 Å². The molecule has 0 atom stereocenters. The van der Waals surface area contributed by atoms with Crippen molar-refractivity contribution >= 4 is 11.7 Å². The molecular weight excluding hydrogens is 373 g/mol. The summed E-state index contributed by atoms with van der Waals surface area (Å²) in [6.07, 6.45) is 3.12. The number of anilines is 1. The van der Waals surface area contributed by atoms with Gasteiger partial charge in [-0.25, -0.2) is 14.4 Å². The maximum Gasteiger partial charge on any atom is 0.263 e. The minimum atomic E-state index is -0.294. The highest BCUT2D eigenvalue weighted by molar-refractivity contribution is 5.94. The number of aromatic nitrogens is 3. The van der Waals surface area contributed by atoms with E-state index in [0.717, 1.165) is 11.4 Å². The molecule has 2 aromatic heterocycles. The van der Waals surface area contributed by atoms with Gasteiger partial charge in [0.05, 0.1) is 5.69 Å². The van der Waals surface area contributed by atoms with E-state index in [4.69, 9.17) is 0 Å². The molecule has 8 heteroatoms. The zero-order chi connectivity index (χ0) is 20.4. The van der Waals surface area contributed by atoms with Crippen LogP contribution in [0.1, 0.15) is 10.4 Å². The fourth-order valence-electron chi connectivity index (χ4n) is 3.37. The molecule has 1 amide bonds. The van der Waals surface area contributed by atoms with Crippen LogP contribution in [-0.4, -0.2) is 51.5 Å². The number of rotatable bonds is 3. The first kappa shape index (κ1) is 18.8. The average molecular weight is 393 g/mol. The van der Waals surface area contributed by atoms with E-state index < -0.39 is 0 Å². The van der Waals surface area contributed by atoms with Crippen LogP contribution in [0.2, 0.25) is 0 Å². The summed E-state index contributed by atoms with van der Waals surface area (Å²) in [6.45, 7) is 2.18. The largest absolute Gasteiger partial charge is 0.353 e. The maximum atomic E-state index is 13.2. The van der Waals surface area contributed by atoms with E-state index in [1.165, 1.54) is 23.0 Å². The number of carbonyl (C=O) groups is 1. The Balaban J connectivity index is 1.46. The lowest BCUT2D eigenvalue weighted by Crippen LogP contribution is -2.50. The zero-order valence-corrected chi connectivity index (χ0v) is 16.0. The van der Waals surface area contributed by atoms with Crippen LogP contribution in [0.3, 0.4) is 0 Å². The lowest BCUT2D eigenvalue weighted by atomic mass is 10.1. The molecule has 3 aromatic rings. The van der Waals surface area contributed by atoms with E-state index in [-0.39, 0.29) is 22.8 Å². The van der Waals surface area contributed by atoms with Crippen LogP contribution in [0.25, 0.3) is 11.3 Å². The van der Waals surface area contributed by atoms with Crippen LogP contribution in [0, 0.1) is 5.82 Å². The SMILES string of the molecule is Cn1cccc(C(=O)N2CCN(c3cc(-c4ccc(F)cc4)ncn3)CC2)c1=O. The van der Waals surface area contributed by atoms with Crippen molar-refractivity contribution in [3.8, 4) is 11.3 Å². The lowest BCUT2D eigenvalue weighted by molar-refractivity contribution is 0.0744. The summed E-state index contributed by atoms with van der Waals surface area (Å²) in [5, 5.41) is 0. The molecule has 1 fully saturated rings. The Morgan fingerprint density at radius 3 is 2.48 bits per heavy atom. The first-order valence-electron chi connectivity index (χ1n) is 9.31. The van der Waals surface area contributed by atoms with Gasteiger partial charge >= 0.3 is 0 Å². The Labute approximate surface area is 167 Å². The van der Waals surface area contributed by atoms with Crippen LogP contribution < -0.4 is 10.5 Å². The second-order valence-corrected chi connectivity index (χ2v) is 6.89. The standard InChI is InChI=1S/C21H20FN5O2/c1-25-8-2-3-17(20(25)28)21(29)27-11-9-26(10-12-27)19-13-18(23-14-24-19)15-4-6-16(22)7-5-15/h2-8,13-14H,9-12H2,1H3. The van der Waals surface area contributed by atoms with Gasteiger partial charge in [0.2, 0.25) is 0 Å². The van der Waals surface area contributed by atoms with Crippen molar-refractivity contribution in [2.24, 2.45) is 7.05 Å². The summed E-state index contributed by atoms with van der Waals surface area (Å²) in [5.41, 5.74) is 1.41. The highest BCUT2D eigenvalue weighted by atomic mass is 19.1. The lowest BCUT2D eigenvalue weighted by Gasteiger charge is -2.35. The quantitative estimate of drug-likeness (QED) is 0.680. The average Bonchev–Trinajstić information content (AvgIpc) is 2.76. The van der Waals surface area contributed by atoms with Crippen LogP contribution in [0.4, 0.5) is 10.2 Å². The van der Waals surface area contributed by atoms with Crippen molar-refractivity contribution in [3.63, 3.8) is 0 Å². The summed E-state index contributed by atoms with van der Waals surface area (Å²) >= 11 is 0. The molecule has 29 heavy (non-hydrogen) atoms. The highest BCUT2D eigenvalue weighted by Crippen LogP contribution is 2.22. The fourth-order valence-corrected chi connectivity index (χ4v) is 3.37. The molecular formula is C21H20FN5O2. The first-order chi connectivity index (χ1) is 14.0. The number of hydrogen-bond acceptors (Lipinski definition) is 5. The Kier molecular flexibility index (Phi) is 5.07. The van der Waals surface area contributed by atoms with E-state index in [9.17, 15) is 14.0 Å². The third kappa shape index (κ3) is 3.87. The van der Waals surface area contributed by atoms with Gasteiger partial charge in [-0.2, -0.15) is 0 Å². The van der Waals surface area contributed by atoms with Gasteiger partial charge in [0.15, 0.2) is 0 Å². The van der Waals surface area contributed by atoms with Crippen molar-refractivity contribution in [2.45, 2.75) is 0 Å². The summed E-state index contributed by atoms with van der Waals surface area (Å²) < 4.78 is 14.6. The van der Waals surface area contributed by atoms with Gasteiger partial charge in [0.25, 0.3) is 11.5 Å². The summed E-state index contributed by atoms with van der Waals surface area (Å²) in [4.78, 5) is 37.3. The number of hydrogen-bond donors (Lipinski definition) is 0. The molecule has 1 saturated heterocycles. The van der Waals surface area contributed by atoms with E-state index in [0.29, 0.717) is 31.9 Å². The van der Waals surface area contributed by atoms with Gasteiger partial charge in [-0.05, 0) is 36.4 Å². The van der Waals surface area contributed by atoms with Crippen LogP contribution >= 0.6 is 0 Å². The summed E-state index contributed by atoms with van der Waals surface area (Å²) in [5.74, 6) is 0.208. The van der Waals surface area contributed by atoms with Crippen LogP contribution in [-0.2, 0) is 7.05 Å². The van der Waals surface area contributed by atoms with E-state index in [2.05, 4.69) is 14.9 Å². The zero-order valence-electron chi connectivity index (χ0n) is 16.0. The number of carbonyl (C=O) groups excluding carboxylic acids is 1. The molecule has 0 bridgehead atoms. The molecule has 1 aromatic carbocycles. The van der Waals surface area contributed by atoms with Gasteiger partial charge in [0, 0.05) is 51.1 Å². The fraction of sp³-hybridized carbons (Fsp3) is 0.238. The molecule has 1 aliphatic heterocycles. The minimum absolute atomic E-state index is 0.184. The number of nitrogens with zero attached hydrogens (tertiary/aromatic N) is 5. The van der Waals surface area contributed by atoms with Gasteiger partial charge in [-0.15, -0.1) is 0 Å². The smallest absolute Gasteiger partial charge is 0.263 e. The molecule has 3 heterocycles. The van der Waals surface area contributed by atoms with Crippen molar-refractivity contribution < 1.29 is 9.18 Å². The van der Waals surface area contributed by atoms with Gasteiger partial charge < -0.3 is 14.4 Å². The minimum Gasteiger partial charge on any atom is -0.353 e. The molecule has 0 radical (unpaired) electrons. The molecule has 148 valence electrons. The Hall–Kier alpha value is -3.55. The van der Waals surface area contributed by atoms with E-state index >= 15 is 0 Å². The molecule has 0 spiro atoms. The van der Waals surface area contributed by atoms with Gasteiger partial charge in [0.1, 0.15) is 23.5 Å². The third-order valence-electron chi connectivity index (χ3n) is 5.04. The van der Waals surface area contributed by atoms with E-state index in [1.54, 1.807) is 42.4 Å². The number of halogens is 1. The number of pyridine rings is 1.